The summed E-state index contributed by atoms with van der Waals surface area (Å²) in [6, 6.07) is 17.5. The molecule has 1 unspecified atom stereocenters. The number of primary amides is 1. The average Bonchev–Trinajstić information content (AvgIpc) is 3.35. The number of nitrogens with zero attached hydrogens (tertiary/aromatic N) is 1. The third kappa shape index (κ3) is 6.11. The lowest BCUT2D eigenvalue weighted by Crippen LogP contribution is -2.37. The van der Waals surface area contributed by atoms with Gasteiger partial charge in [-0.3, -0.25) is 9.59 Å². The molecule has 4 rings (SSSR count). The zero-order valence-corrected chi connectivity index (χ0v) is 19.4. The maximum atomic E-state index is 13.1. The number of carbonyl (C=O) groups excluding carboxylic acids is 2. The summed E-state index contributed by atoms with van der Waals surface area (Å²) >= 11 is 0. The van der Waals surface area contributed by atoms with Crippen LogP contribution in [0.3, 0.4) is 0 Å². The number of hydrogen-bond acceptors (Lipinski definition) is 4. The summed E-state index contributed by atoms with van der Waals surface area (Å²) in [4.78, 5) is 32.3. The minimum absolute atomic E-state index is 0.0216. The zero-order chi connectivity index (χ0) is 23.9. The number of imidazole rings is 1. The predicted octanol–water partition coefficient (Wildman–Crippen LogP) is 3.27. The van der Waals surface area contributed by atoms with E-state index in [2.05, 4.69) is 27.4 Å². The molecular formula is C27H33N5O2. The molecule has 1 aliphatic carbocycles. The molecule has 6 N–H and O–H groups in total. The normalized spacial score (nSPS) is 18.9. The second-order valence-electron chi connectivity index (χ2n) is 9.23. The van der Waals surface area contributed by atoms with Crippen molar-refractivity contribution in [1.82, 2.24) is 15.3 Å². The Bertz CT molecular complexity index is 1090. The smallest absolute Gasteiger partial charge is 0.223 e. The number of amides is 2. The maximum Gasteiger partial charge on any atom is 0.223 e. The standard InChI is InChI=1S/C27H33N5O2/c28-16-20-8-12-22(13-9-20)27(34)32-23(14-18-4-2-1-3-5-18)26-30-17-24(31-26)21-10-6-19(7-11-21)15-25(29)33/h1-7,10-11,17,20,22-23H,8-9,12-16,28H2,(H2,29,33)(H,30,31)(H,32,34). The number of carbonyl (C=O) groups is 2. The van der Waals surface area contributed by atoms with E-state index in [9.17, 15) is 9.59 Å². The first-order chi connectivity index (χ1) is 16.5. The Labute approximate surface area is 200 Å². The first kappa shape index (κ1) is 23.7. The second-order valence-corrected chi connectivity index (χ2v) is 9.23. The molecule has 3 aromatic rings. The zero-order valence-electron chi connectivity index (χ0n) is 19.4. The molecule has 2 aromatic carbocycles. The fraction of sp³-hybridized carbons (Fsp3) is 0.370. The van der Waals surface area contributed by atoms with Gasteiger partial charge in [0.05, 0.1) is 24.4 Å². The van der Waals surface area contributed by atoms with Gasteiger partial charge in [0.25, 0.3) is 0 Å². The third-order valence-corrected chi connectivity index (χ3v) is 6.72. The van der Waals surface area contributed by atoms with Crippen LogP contribution in [0.4, 0.5) is 0 Å². The van der Waals surface area contributed by atoms with Gasteiger partial charge in [-0.2, -0.15) is 0 Å². The number of benzene rings is 2. The third-order valence-electron chi connectivity index (χ3n) is 6.72. The van der Waals surface area contributed by atoms with Gasteiger partial charge >= 0.3 is 0 Å². The molecule has 178 valence electrons. The maximum absolute atomic E-state index is 13.1. The number of H-pyrrole nitrogens is 1. The number of nitrogens with two attached hydrogens (primary N) is 2. The number of nitrogens with one attached hydrogen (secondary N) is 2. The van der Waals surface area contributed by atoms with E-state index in [-0.39, 0.29) is 30.2 Å². The molecule has 1 heterocycles. The van der Waals surface area contributed by atoms with Gasteiger partial charge in [-0.25, -0.2) is 4.98 Å². The van der Waals surface area contributed by atoms with Crippen LogP contribution in [-0.2, 0) is 22.4 Å². The van der Waals surface area contributed by atoms with Gasteiger partial charge in [-0.05, 0) is 61.3 Å². The molecule has 7 heteroatoms. The first-order valence-electron chi connectivity index (χ1n) is 12.0. The van der Waals surface area contributed by atoms with E-state index in [0.717, 1.165) is 53.9 Å². The van der Waals surface area contributed by atoms with Crippen LogP contribution in [0.15, 0.2) is 60.8 Å². The van der Waals surface area contributed by atoms with E-state index in [1.54, 1.807) is 6.20 Å². The molecule has 0 aliphatic heterocycles. The van der Waals surface area contributed by atoms with Gasteiger partial charge in [-0.1, -0.05) is 54.6 Å². The lowest BCUT2D eigenvalue weighted by atomic mass is 9.81. The summed E-state index contributed by atoms with van der Waals surface area (Å²) < 4.78 is 0. The topological polar surface area (TPSA) is 127 Å². The highest BCUT2D eigenvalue weighted by atomic mass is 16.2. The van der Waals surface area contributed by atoms with Crippen molar-refractivity contribution >= 4 is 11.8 Å². The summed E-state index contributed by atoms with van der Waals surface area (Å²) in [7, 11) is 0. The molecule has 0 saturated heterocycles. The van der Waals surface area contributed by atoms with E-state index in [0.29, 0.717) is 18.9 Å². The van der Waals surface area contributed by atoms with Gasteiger partial charge in [0.15, 0.2) is 0 Å². The highest BCUT2D eigenvalue weighted by Gasteiger charge is 2.28. The Balaban J connectivity index is 1.50. The minimum atomic E-state index is -0.354. The van der Waals surface area contributed by atoms with Crippen LogP contribution in [0, 0.1) is 11.8 Å². The highest BCUT2D eigenvalue weighted by molar-refractivity contribution is 5.79. The van der Waals surface area contributed by atoms with Crippen LogP contribution >= 0.6 is 0 Å². The van der Waals surface area contributed by atoms with E-state index in [1.807, 2.05) is 42.5 Å². The molecule has 1 aliphatic rings. The number of hydrogen-bond donors (Lipinski definition) is 4. The molecule has 0 spiro atoms. The van der Waals surface area contributed by atoms with Crippen molar-refractivity contribution in [1.29, 1.82) is 0 Å². The summed E-state index contributed by atoms with van der Waals surface area (Å²) in [5.41, 5.74) is 14.9. The summed E-state index contributed by atoms with van der Waals surface area (Å²) in [6.45, 7) is 0.698. The van der Waals surface area contributed by atoms with Crippen LogP contribution < -0.4 is 16.8 Å². The van der Waals surface area contributed by atoms with E-state index >= 15 is 0 Å². The van der Waals surface area contributed by atoms with E-state index in [1.165, 1.54) is 0 Å². The van der Waals surface area contributed by atoms with Crippen LogP contribution in [0.1, 0.15) is 48.7 Å². The number of rotatable bonds is 9. The average molecular weight is 460 g/mol. The molecule has 2 amide bonds. The molecule has 1 fully saturated rings. The Morgan fingerprint density at radius 1 is 1.00 bits per heavy atom. The first-order valence-corrected chi connectivity index (χ1v) is 12.0. The molecule has 1 saturated carbocycles. The van der Waals surface area contributed by atoms with Gasteiger partial charge in [-0.15, -0.1) is 0 Å². The summed E-state index contributed by atoms with van der Waals surface area (Å²) in [5.74, 6) is 1.02. The van der Waals surface area contributed by atoms with Crippen LogP contribution in [-0.4, -0.2) is 28.3 Å². The van der Waals surface area contributed by atoms with Crippen LogP contribution in [0.25, 0.3) is 11.3 Å². The highest BCUT2D eigenvalue weighted by Crippen LogP contribution is 2.29. The SMILES string of the molecule is NCC1CCC(C(=O)NC(Cc2ccccc2)c2ncc(-c3ccc(CC(N)=O)cc3)[nH]2)CC1. The van der Waals surface area contributed by atoms with Crippen molar-refractivity contribution in [3.63, 3.8) is 0 Å². The Hall–Kier alpha value is -3.45. The number of aromatic nitrogens is 2. The van der Waals surface area contributed by atoms with Crippen molar-refractivity contribution < 1.29 is 9.59 Å². The Morgan fingerprint density at radius 3 is 2.35 bits per heavy atom. The van der Waals surface area contributed by atoms with E-state index in [4.69, 9.17) is 11.5 Å². The molecule has 34 heavy (non-hydrogen) atoms. The predicted molar refractivity (Wildman–Crippen MR) is 132 cm³/mol. The molecular weight excluding hydrogens is 426 g/mol. The largest absolute Gasteiger partial charge is 0.369 e. The van der Waals surface area contributed by atoms with E-state index < -0.39 is 0 Å². The van der Waals surface area contributed by atoms with Gasteiger partial charge in [0, 0.05) is 5.92 Å². The lowest BCUT2D eigenvalue weighted by Gasteiger charge is -2.28. The van der Waals surface area contributed by atoms with Crippen molar-refractivity contribution in [3.8, 4) is 11.3 Å². The summed E-state index contributed by atoms with van der Waals surface area (Å²) in [6.07, 6.45) is 6.43. The lowest BCUT2D eigenvalue weighted by molar-refractivity contribution is -0.127. The van der Waals surface area contributed by atoms with Gasteiger partial charge in [0.2, 0.25) is 11.8 Å². The molecule has 0 bridgehead atoms. The molecule has 1 aromatic heterocycles. The van der Waals surface area contributed by atoms with Crippen molar-refractivity contribution in [2.75, 3.05) is 6.54 Å². The summed E-state index contributed by atoms with van der Waals surface area (Å²) in [5, 5.41) is 3.26. The number of aromatic amines is 1. The molecule has 1 atom stereocenters. The fourth-order valence-corrected chi connectivity index (χ4v) is 4.68. The van der Waals surface area contributed by atoms with Crippen molar-refractivity contribution in [2.45, 2.75) is 44.6 Å². The van der Waals surface area contributed by atoms with Gasteiger partial charge < -0.3 is 21.8 Å². The fourth-order valence-electron chi connectivity index (χ4n) is 4.68. The second kappa shape index (κ2) is 11.1. The monoisotopic (exact) mass is 459 g/mol. The molecule has 7 nitrogen and oxygen atoms in total. The van der Waals surface area contributed by atoms with Crippen molar-refractivity contribution in [2.24, 2.45) is 23.3 Å². The van der Waals surface area contributed by atoms with Crippen LogP contribution in [0.5, 0.6) is 0 Å². The Morgan fingerprint density at radius 2 is 1.71 bits per heavy atom. The Kier molecular flexibility index (Phi) is 7.75. The van der Waals surface area contributed by atoms with Crippen molar-refractivity contribution in [3.05, 3.63) is 77.7 Å². The van der Waals surface area contributed by atoms with Crippen LogP contribution in [0.2, 0.25) is 0 Å². The quantitative estimate of drug-likeness (QED) is 0.392. The van der Waals surface area contributed by atoms with Gasteiger partial charge in [0.1, 0.15) is 5.82 Å². The minimum Gasteiger partial charge on any atom is -0.369 e. The molecule has 0 radical (unpaired) electrons.